The summed E-state index contributed by atoms with van der Waals surface area (Å²) in [5, 5.41) is 13.3. The molecule has 2 heterocycles. The quantitative estimate of drug-likeness (QED) is 0.198. The van der Waals surface area contributed by atoms with Crippen LogP contribution in [0.1, 0.15) is 32.0 Å². The maximum atomic E-state index is 13.0. The summed E-state index contributed by atoms with van der Waals surface area (Å²) >= 11 is 12.9. The van der Waals surface area contributed by atoms with Crippen LogP contribution in [-0.4, -0.2) is 40.4 Å². The third-order valence-electron chi connectivity index (χ3n) is 5.77. The highest BCUT2D eigenvalue weighted by Crippen LogP contribution is 2.37. The zero-order chi connectivity index (χ0) is 29.7. The van der Waals surface area contributed by atoms with Crippen LogP contribution in [0.15, 0.2) is 60.8 Å². The summed E-state index contributed by atoms with van der Waals surface area (Å²) in [5.74, 6) is 1.02. The van der Waals surface area contributed by atoms with Crippen LogP contribution < -0.4 is 20.7 Å². The van der Waals surface area contributed by atoms with Crippen molar-refractivity contribution in [2.75, 3.05) is 29.7 Å². The van der Waals surface area contributed by atoms with E-state index in [1.165, 1.54) is 31.5 Å². The van der Waals surface area contributed by atoms with Gasteiger partial charge in [-0.15, -0.1) is 0 Å². The van der Waals surface area contributed by atoms with Gasteiger partial charge in [-0.25, -0.2) is 14.5 Å². The number of anilines is 3. The maximum absolute atomic E-state index is 13.0. The molecule has 3 amide bonds. The van der Waals surface area contributed by atoms with Gasteiger partial charge in [-0.1, -0.05) is 61.7 Å². The molecule has 214 valence electrons. The van der Waals surface area contributed by atoms with Crippen molar-refractivity contribution < 1.29 is 19.1 Å². The van der Waals surface area contributed by atoms with E-state index in [1.807, 2.05) is 58.0 Å². The van der Waals surface area contributed by atoms with E-state index in [1.54, 1.807) is 10.7 Å². The number of aromatic nitrogens is 3. The molecule has 10 nitrogen and oxygen atoms in total. The molecule has 0 aliphatic heterocycles. The number of halogens is 2. The number of aryl methyl sites for hydroxylation is 1. The predicted octanol–water partition coefficient (Wildman–Crippen LogP) is 7.20. The number of amides is 3. The van der Waals surface area contributed by atoms with Gasteiger partial charge in [0.05, 0.1) is 27.1 Å². The predicted molar refractivity (Wildman–Crippen MR) is 161 cm³/mol. The number of hydrogen-bond donors (Lipinski definition) is 3. The molecule has 4 aromatic rings. The van der Waals surface area contributed by atoms with Crippen molar-refractivity contribution in [3.05, 3.63) is 82.1 Å². The highest BCUT2D eigenvalue weighted by atomic mass is 35.5. The number of rotatable bonds is 8. The second kappa shape index (κ2) is 12.6. The zero-order valence-electron chi connectivity index (χ0n) is 23.2. The molecule has 0 saturated heterocycles. The lowest BCUT2D eigenvalue weighted by Gasteiger charge is -2.14. The second-order valence-corrected chi connectivity index (χ2v) is 11.0. The van der Waals surface area contributed by atoms with Gasteiger partial charge in [0.15, 0.2) is 0 Å². The Morgan fingerprint density at radius 1 is 0.951 bits per heavy atom. The summed E-state index contributed by atoms with van der Waals surface area (Å²) in [7, 11) is 1.42. The molecule has 0 atom stereocenters. The summed E-state index contributed by atoms with van der Waals surface area (Å²) in [6.07, 6.45) is 1.47. The summed E-state index contributed by atoms with van der Waals surface area (Å²) in [4.78, 5) is 28.9. The third-order valence-corrected chi connectivity index (χ3v) is 6.38. The van der Waals surface area contributed by atoms with Crippen LogP contribution in [0.25, 0.3) is 5.69 Å². The Morgan fingerprint density at radius 3 is 2.37 bits per heavy atom. The van der Waals surface area contributed by atoms with Gasteiger partial charge in [-0.05, 0) is 31.2 Å². The molecule has 0 bridgehead atoms. The van der Waals surface area contributed by atoms with Crippen molar-refractivity contribution in [2.45, 2.75) is 33.1 Å². The van der Waals surface area contributed by atoms with Crippen molar-refractivity contribution in [1.82, 2.24) is 14.8 Å². The molecule has 4 rings (SSSR count). The van der Waals surface area contributed by atoms with Crippen molar-refractivity contribution in [1.29, 1.82) is 0 Å². The van der Waals surface area contributed by atoms with Gasteiger partial charge in [0.1, 0.15) is 29.7 Å². The topological polar surface area (TPSA) is 119 Å². The number of nitrogens with one attached hydrogen (secondary N) is 3. The van der Waals surface area contributed by atoms with E-state index in [0.717, 1.165) is 16.9 Å². The summed E-state index contributed by atoms with van der Waals surface area (Å²) in [6, 6.07) is 15.2. The number of hydrogen-bond acceptors (Lipinski definition) is 6. The molecule has 0 aliphatic carbocycles. The average Bonchev–Trinajstić information content (AvgIpc) is 3.32. The number of nitrogens with zero attached hydrogens (tertiary/aromatic N) is 3. The number of benzene rings is 2. The molecule has 0 aliphatic rings. The summed E-state index contributed by atoms with van der Waals surface area (Å²) in [6.45, 7) is 8.04. The molecule has 41 heavy (non-hydrogen) atoms. The Bertz CT molecular complexity index is 1560. The molecule has 0 radical (unpaired) electrons. The third kappa shape index (κ3) is 7.75. The number of urea groups is 1. The van der Waals surface area contributed by atoms with E-state index < -0.39 is 6.03 Å². The lowest BCUT2D eigenvalue weighted by molar-refractivity contribution is -0.119. The van der Waals surface area contributed by atoms with E-state index in [9.17, 15) is 9.59 Å². The molecule has 0 unspecified atom stereocenters. The summed E-state index contributed by atoms with van der Waals surface area (Å²) < 4.78 is 12.3. The Hall–Kier alpha value is -4.12. The SMILES string of the molecule is COCC(=O)Nc1cc(Oc2cc(Cl)c(NC(=O)Nc3cc(C(C)(C)C)nn3-c3ccc(C)cc3)cc2Cl)ccn1. The maximum Gasteiger partial charge on any atom is 0.324 e. The number of methoxy groups -OCH3 is 1. The Labute approximate surface area is 248 Å². The number of carbonyl (C=O) groups excluding carboxylic acids is 2. The largest absolute Gasteiger partial charge is 0.456 e. The lowest BCUT2D eigenvalue weighted by Crippen LogP contribution is -2.21. The monoisotopic (exact) mass is 596 g/mol. The normalized spacial score (nSPS) is 11.2. The van der Waals surface area contributed by atoms with Gasteiger partial charge >= 0.3 is 6.03 Å². The Morgan fingerprint density at radius 2 is 1.68 bits per heavy atom. The first kappa shape index (κ1) is 29.9. The van der Waals surface area contributed by atoms with Gasteiger partial charge in [-0.2, -0.15) is 5.10 Å². The van der Waals surface area contributed by atoms with E-state index in [2.05, 4.69) is 20.9 Å². The summed E-state index contributed by atoms with van der Waals surface area (Å²) in [5.41, 5.74) is 2.78. The molecular formula is C29H30Cl2N6O4. The standard InChI is InChI=1S/C29H30Cl2N6O4/c1-17-6-8-18(9-7-17)37-26(15-24(36-37)29(2,3)4)35-28(39)33-22-13-21(31)23(14-20(22)30)41-19-10-11-32-25(12-19)34-27(38)16-40-5/h6-15H,16H2,1-5H3,(H,32,34,38)(H2,33,35,39). The van der Waals surface area contributed by atoms with Crippen LogP contribution in [0.4, 0.5) is 22.1 Å². The van der Waals surface area contributed by atoms with E-state index in [-0.39, 0.29) is 45.2 Å². The van der Waals surface area contributed by atoms with E-state index in [0.29, 0.717) is 11.6 Å². The van der Waals surface area contributed by atoms with Crippen LogP contribution in [-0.2, 0) is 14.9 Å². The molecular weight excluding hydrogens is 567 g/mol. The van der Waals surface area contributed by atoms with Crippen LogP contribution in [0.3, 0.4) is 0 Å². The fraction of sp³-hybridized carbons (Fsp3) is 0.241. The van der Waals surface area contributed by atoms with Crippen LogP contribution in [0.5, 0.6) is 11.5 Å². The number of ether oxygens (including phenoxy) is 2. The average molecular weight is 598 g/mol. The van der Waals surface area contributed by atoms with E-state index in [4.69, 9.17) is 37.8 Å². The van der Waals surface area contributed by atoms with Crippen molar-refractivity contribution >= 4 is 52.5 Å². The Kier molecular flexibility index (Phi) is 9.17. The first-order valence-corrected chi connectivity index (χ1v) is 13.4. The molecule has 2 aromatic carbocycles. The fourth-order valence-electron chi connectivity index (χ4n) is 3.67. The highest BCUT2D eigenvalue weighted by Gasteiger charge is 2.22. The van der Waals surface area contributed by atoms with Gasteiger partial charge in [-0.3, -0.25) is 10.1 Å². The molecule has 0 saturated carbocycles. The van der Waals surface area contributed by atoms with Crippen molar-refractivity contribution in [2.24, 2.45) is 0 Å². The van der Waals surface area contributed by atoms with Gasteiger partial charge in [0, 0.05) is 36.9 Å². The smallest absolute Gasteiger partial charge is 0.324 e. The van der Waals surface area contributed by atoms with Gasteiger partial charge in [0.25, 0.3) is 5.91 Å². The van der Waals surface area contributed by atoms with Crippen LogP contribution >= 0.6 is 23.2 Å². The minimum atomic E-state index is -0.532. The minimum Gasteiger partial charge on any atom is -0.456 e. The number of carbonyl (C=O) groups is 2. The molecule has 0 spiro atoms. The van der Waals surface area contributed by atoms with E-state index >= 15 is 0 Å². The molecule has 12 heteroatoms. The molecule has 2 aromatic heterocycles. The lowest BCUT2D eigenvalue weighted by atomic mass is 9.92. The Balaban J connectivity index is 1.50. The fourth-order valence-corrected chi connectivity index (χ4v) is 4.08. The highest BCUT2D eigenvalue weighted by molar-refractivity contribution is 6.36. The second-order valence-electron chi connectivity index (χ2n) is 10.2. The first-order chi connectivity index (χ1) is 19.4. The minimum absolute atomic E-state index is 0.109. The molecule has 3 N–H and O–H groups in total. The number of pyridine rings is 1. The van der Waals surface area contributed by atoms with Crippen molar-refractivity contribution in [3.63, 3.8) is 0 Å². The zero-order valence-corrected chi connectivity index (χ0v) is 24.7. The molecule has 0 fully saturated rings. The van der Waals surface area contributed by atoms with Gasteiger partial charge < -0.3 is 20.1 Å². The van der Waals surface area contributed by atoms with Crippen LogP contribution in [0.2, 0.25) is 10.0 Å². The van der Waals surface area contributed by atoms with Crippen molar-refractivity contribution in [3.8, 4) is 17.2 Å². The first-order valence-electron chi connectivity index (χ1n) is 12.6. The van der Waals surface area contributed by atoms with Crippen LogP contribution in [0, 0.1) is 6.92 Å². The van der Waals surface area contributed by atoms with Gasteiger partial charge in [0.2, 0.25) is 0 Å².